The Kier molecular flexibility index (Phi) is 3.14. The van der Waals surface area contributed by atoms with Crippen LogP contribution in [0.2, 0.25) is 0 Å². The van der Waals surface area contributed by atoms with Gasteiger partial charge in [0.15, 0.2) is 0 Å². The van der Waals surface area contributed by atoms with Crippen LogP contribution in [0.25, 0.3) is 0 Å². The summed E-state index contributed by atoms with van der Waals surface area (Å²) in [5.41, 5.74) is 4.80. The van der Waals surface area contributed by atoms with E-state index in [1.54, 1.807) is 0 Å². The first-order valence-electron chi connectivity index (χ1n) is 6.73. The van der Waals surface area contributed by atoms with Gasteiger partial charge in [0, 0.05) is 17.8 Å². The molecule has 1 aromatic carbocycles. The van der Waals surface area contributed by atoms with Crippen molar-refractivity contribution in [2.24, 2.45) is 0 Å². The number of fused-ring (bicyclic) bond motifs is 1. The molecule has 0 saturated carbocycles. The summed E-state index contributed by atoms with van der Waals surface area (Å²) in [7, 11) is 0. The first-order chi connectivity index (χ1) is 9.63. The molecular weight excluding hydrogens is 250 g/mol. The van der Waals surface area contributed by atoms with Gasteiger partial charge in [-0.15, -0.1) is 0 Å². The molecule has 102 valence electrons. The van der Waals surface area contributed by atoms with E-state index in [0.29, 0.717) is 0 Å². The van der Waals surface area contributed by atoms with Crippen LogP contribution in [0.5, 0.6) is 0 Å². The lowest BCUT2D eigenvalue weighted by molar-refractivity contribution is -0.116. The third kappa shape index (κ3) is 2.37. The zero-order valence-electron chi connectivity index (χ0n) is 11.6. The Morgan fingerprint density at radius 2 is 2.05 bits per heavy atom. The van der Waals surface area contributed by atoms with Gasteiger partial charge in [-0.3, -0.25) is 9.78 Å². The van der Waals surface area contributed by atoms with Crippen LogP contribution in [0.3, 0.4) is 0 Å². The summed E-state index contributed by atoms with van der Waals surface area (Å²) in [4.78, 5) is 16.7. The van der Waals surface area contributed by atoms with Crippen LogP contribution in [-0.2, 0) is 11.2 Å². The zero-order valence-corrected chi connectivity index (χ0v) is 11.6. The summed E-state index contributed by atoms with van der Waals surface area (Å²) in [6.07, 6.45) is 0.723. The molecule has 0 radical (unpaired) electrons. The highest BCUT2D eigenvalue weighted by molar-refractivity contribution is 5.98. The van der Waals surface area contributed by atoms with Crippen LogP contribution in [0.4, 0.5) is 11.4 Å². The molecule has 1 unspecified atom stereocenters. The van der Waals surface area contributed by atoms with Crippen LogP contribution in [0.1, 0.15) is 17.0 Å². The minimum absolute atomic E-state index is 0.0186. The predicted molar refractivity (Wildman–Crippen MR) is 79.9 cm³/mol. The van der Waals surface area contributed by atoms with Gasteiger partial charge in [0.25, 0.3) is 0 Å². The van der Waals surface area contributed by atoms with Gasteiger partial charge in [-0.1, -0.05) is 18.2 Å². The number of aryl methyl sites for hydroxylation is 2. The number of carbonyl (C=O) groups excluding carboxylic acids is 1. The van der Waals surface area contributed by atoms with Crippen LogP contribution in [0.15, 0.2) is 36.4 Å². The van der Waals surface area contributed by atoms with Crippen molar-refractivity contribution in [2.75, 3.05) is 10.6 Å². The molecule has 0 aliphatic carbocycles. The van der Waals surface area contributed by atoms with Gasteiger partial charge in [0.1, 0.15) is 6.04 Å². The lowest BCUT2D eigenvalue weighted by atomic mass is 10.1. The highest BCUT2D eigenvalue weighted by Crippen LogP contribution is 2.26. The summed E-state index contributed by atoms with van der Waals surface area (Å²) in [5.74, 6) is -0.0186. The molecule has 0 fully saturated rings. The average Bonchev–Trinajstić information content (AvgIpc) is 2.86. The molecule has 2 aromatic rings. The quantitative estimate of drug-likeness (QED) is 0.879. The van der Waals surface area contributed by atoms with E-state index < -0.39 is 0 Å². The molecule has 4 heteroatoms. The van der Waals surface area contributed by atoms with Crippen molar-refractivity contribution >= 4 is 17.3 Å². The number of benzene rings is 1. The van der Waals surface area contributed by atoms with Crippen molar-refractivity contribution in [1.29, 1.82) is 0 Å². The minimum Gasteiger partial charge on any atom is -0.373 e. The van der Waals surface area contributed by atoms with E-state index in [0.717, 1.165) is 29.2 Å². The van der Waals surface area contributed by atoms with Crippen molar-refractivity contribution in [1.82, 2.24) is 4.98 Å². The van der Waals surface area contributed by atoms with Gasteiger partial charge < -0.3 is 10.6 Å². The zero-order chi connectivity index (χ0) is 14.1. The first-order valence-corrected chi connectivity index (χ1v) is 6.73. The Bertz CT molecular complexity index is 642. The highest BCUT2D eigenvalue weighted by atomic mass is 16.2. The van der Waals surface area contributed by atoms with Crippen molar-refractivity contribution < 1.29 is 4.79 Å². The molecule has 2 heterocycles. The molecule has 0 saturated heterocycles. The Morgan fingerprint density at radius 1 is 1.25 bits per heavy atom. The number of pyridine rings is 1. The number of para-hydroxylation sites is 1. The smallest absolute Gasteiger partial charge is 0.247 e. The number of nitrogens with one attached hydrogen (secondary N) is 2. The van der Waals surface area contributed by atoms with Crippen LogP contribution < -0.4 is 10.6 Å². The predicted octanol–water partition coefficient (Wildman–Crippen LogP) is 2.67. The van der Waals surface area contributed by atoms with E-state index >= 15 is 0 Å². The first kappa shape index (κ1) is 12.7. The third-order valence-corrected chi connectivity index (χ3v) is 3.57. The molecule has 20 heavy (non-hydrogen) atoms. The maximum Gasteiger partial charge on any atom is 0.247 e. The molecule has 0 bridgehead atoms. The summed E-state index contributed by atoms with van der Waals surface area (Å²) in [6.45, 7) is 3.84. The summed E-state index contributed by atoms with van der Waals surface area (Å²) in [5, 5.41) is 6.20. The van der Waals surface area contributed by atoms with Gasteiger partial charge in [0.2, 0.25) is 5.91 Å². The maximum absolute atomic E-state index is 12.3. The number of nitrogens with zero attached hydrogens (tertiary/aromatic N) is 1. The molecule has 2 N–H and O–H groups in total. The van der Waals surface area contributed by atoms with Gasteiger partial charge in [-0.05, 0) is 37.6 Å². The van der Waals surface area contributed by atoms with Gasteiger partial charge in [0.05, 0.1) is 11.4 Å². The molecule has 0 spiro atoms. The highest BCUT2D eigenvalue weighted by Gasteiger charge is 2.26. The fourth-order valence-corrected chi connectivity index (χ4v) is 2.49. The second-order valence-electron chi connectivity index (χ2n) is 5.13. The summed E-state index contributed by atoms with van der Waals surface area (Å²) >= 11 is 0. The number of carbonyl (C=O) groups is 1. The second-order valence-corrected chi connectivity index (χ2v) is 5.13. The fourth-order valence-electron chi connectivity index (χ4n) is 2.49. The number of amides is 1. The number of hydrogen-bond acceptors (Lipinski definition) is 3. The summed E-state index contributed by atoms with van der Waals surface area (Å²) < 4.78 is 0. The molecule has 1 aliphatic heterocycles. The van der Waals surface area contributed by atoms with Crippen molar-refractivity contribution in [3.63, 3.8) is 0 Å². The van der Waals surface area contributed by atoms with Crippen LogP contribution in [-0.4, -0.2) is 16.9 Å². The number of hydrogen-bond donors (Lipinski definition) is 2. The Morgan fingerprint density at radius 3 is 2.80 bits per heavy atom. The molecular formula is C16H17N3O. The van der Waals surface area contributed by atoms with Crippen LogP contribution >= 0.6 is 0 Å². The molecule has 1 aliphatic rings. The van der Waals surface area contributed by atoms with E-state index in [1.165, 1.54) is 5.56 Å². The van der Waals surface area contributed by atoms with Crippen molar-refractivity contribution in [3.8, 4) is 0 Å². The lowest BCUT2D eigenvalue weighted by Gasteiger charge is -2.13. The molecule has 1 aromatic heterocycles. The largest absolute Gasteiger partial charge is 0.373 e. The van der Waals surface area contributed by atoms with E-state index in [9.17, 15) is 4.79 Å². The number of rotatable bonds is 2. The van der Waals surface area contributed by atoms with Gasteiger partial charge in [-0.2, -0.15) is 0 Å². The van der Waals surface area contributed by atoms with E-state index in [-0.39, 0.29) is 11.9 Å². The third-order valence-electron chi connectivity index (χ3n) is 3.57. The summed E-state index contributed by atoms with van der Waals surface area (Å²) in [6, 6.07) is 11.6. The average molecular weight is 267 g/mol. The van der Waals surface area contributed by atoms with Crippen molar-refractivity contribution in [3.05, 3.63) is 53.3 Å². The molecule has 1 amide bonds. The lowest BCUT2D eigenvalue weighted by Crippen LogP contribution is -2.33. The minimum atomic E-state index is -0.215. The van der Waals surface area contributed by atoms with Crippen LogP contribution in [0, 0.1) is 13.8 Å². The standard InChI is InChI=1S/C16H17N3O/c1-10-7-8-13(11(2)17-10)19-16(20)15-9-12-5-3-4-6-14(12)18-15/h3-8,15,18H,9H2,1-2H3,(H,19,20). The molecule has 1 atom stereocenters. The Labute approximate surface area is 118 Å². The second kappa shape index (κ2) is 4.96. The van der Waals surface area contributed by atoms with E-state index in [1.807, 2.05) is 50.2 Å². The number of anilines is 2. The molecule has 3 rings (SSSR count). The fraction of sp³-hybridized carbons (Fsp3) is 0.250. The SMILES string of the molecule is Cc1ccc(NC(=O)C2Cc3ccccc3N2)c(C)n1. The topological polar surface area (TPSA) is 54.0 Å². The Balaban J connectivity index is 1.72. The normalized spacial score (nSPS) is 16.4. The van der Waals surface area contributed by atoms with Crippen molar-refractivity contribution in [2.45, 2.75) is 26.3 Å². The van der Waals surface area contributed by atoms with E-state index in [4.69, 9.17) is 0 Å². The Hall–Kier alpha value is -2.36. The van der Waals surface area contributed by atoms with Gasteiger partial charge >= 0.3 is 0 Å². The number of aromatic nitrogens is 1. The molecule has 4 nitrogen and oxygen atoms in total. The van der Waals surface area contributed by atoms with E-state index in [2.05, 4.69) is 15.6 Å². The maximum atomic E-state index is 12.3. The van der Waals surface area contributed by atoms with Gasteiger partial charge in [-0.25, -0.2) is 0 Å². The monoisotopic (exact) mass is 267 g/mol.